The highest BCUT2D eigenvalue weighted by molar-refractivity contribution is 7.05. The number of benzene rings is 1. The lowest BCUT2D eigenvalue weighted by molar-refractivity contribution is -0.139. The zero-order chi connectivity index (χ0) is 14.5. The van der Waals surface area contributed by atoms with Crippen LogP contribution in [0.25, 0.3) is 0 Å². The van der Waals surface area contributed by atoms with Gasteiger partial charge in [0, 0.05) is 17.6 Å². The minimum Gasteiger partial charge on any atom is -0.497 e. The van der Waals surface area contributed by atoms with Gasteiger partial charge in [0.1, 0.15) is 11.8 Å². The molecule has 20 heavy (non-hydrogen) atoms. The standard InChI is InChI=1S/C14H16N2O3S/c1-9-7-16-20-12(9)8-15-13(14(17)18)10-4-3-5-11(6-10)19-2/h3-7,13,15H,8H2,1-2H3,(H,17,18). The number of rotatable bonds is 6. The van der Waals surface area contributed by atoms with Gasteiger partial charge >= 0.3 is 5.97 Å². The number of carboxylic acids is 1. The van der Waals surface area contributed by atoms with E-state index >= 15 is 0 Å². The van der Waals surface area contributed by atoms with E-state index in [-0.39, 0.29) is 0 Å². The van der Waals surface area contributed by atoms with Gasteiger partial charge in [-0.15, -0.1) is 0 Å². The molecule has 0 saturated carbocycles. The summed E-state index contributed by atoms with van der Waals surface area (Å²) in [4.78, 5) is 12.5. The minimum absolute atomic E-state index is 0.477. The lowest BCUT2D eigenvalue weighted by Crippen LogP contribution is -2.28. The summed E-state index contributed by atoms with van der Waals surface area (Å²) in [5, 5.41) is 12.4. The fourth-order valence-electron chi connectivity index (χ4n) is 1.85. The van der Waals surface area contributed by atoms with Gasteiger partial charge in [0.25, 0.3) is 0 Å². The van der Waals surface area contributed by atoms with E-state index in [0.29, 0.717) is 17.9 Å². The predicted molar refractivity (Wildman–Crippen MR) is 77.1 cm³/mol. The van der Waals surface area contributed by atoms with E-state index in [9.17, 15) is 9.90 Å². The number of methoxy groups -OCH3 is 1. The molecule has 0 spiro atoms. The summed E-state index contributed by atoms with van der Waals surface area (Å²) in [5.74, 6) is -0.273. The van der Waals surface area contributed by atoms with E-state index in [4.69, 9.17) is 4.74 Å². The van der Waals surface area contributed by atoms with Crippen LogP contribution >= 0.6 is 11.5 Å². The molecule has 106 valence electrons. The van der Waals surface area contributed by atoms with Crippen LogP contribution < -0.4 is 10.1 Å². The predicted octanol–water partition coefficient (Wildman–Crippen LogP) is 2.38. The van der Waals surface area contributed by atoms with E-state index in [2.05, 4.69) is 9.69 Å². The van der Waals surface area contributed by atoms with Gasteiger partial charge in [-0.25, -0.2) is 4.37 Å². The smallest absolute Gasteiger partial charge is 0.325 e. The number of hydrogen-bond acceptors (Lipinski definition) is 5. The summed E-state index contributed by atoms with van der Waals surface area (Å²) in [5.41, 5.74) is 1.73. The number of ether oxygens (including phenoxy) is 1. The highest BCUT2D eigenvalue weighted by atomic mass is 32.1. The van der Waals surface area contributed by atoms with Crippen molar-refractivity contribution in [3.63, 3.8) is 0 Å². The summed E-state index contributed by atoms with van der Waals surface area (Å²) in [6, 6.07) is 6.30. The molecule has 0 amide bonds. The molecule has 2 aromatic rings. The molecular weight excluding hydrogens is 276 g/mol. The number of nitrogens with zero attached hydrogens (tertiary/aromatic N) is 1. The van der Waals surface area contributed by atoms with Crippen molar-refractivity contribution < 1.29 is 14.6 Å². The summed E-state index contributed by atoms with van der Waals surface area (Å²) in [6.45, 7) is 2.44. The fraction of sp³-hybridized carbons (Fsp3) is 0.286. The third-order valence-corrected chi connectivity index (χ3v) is 3.89. The minimum atomic E-state index is -0.916. The molecule has 1 aromatic heterocycles. The molecule has 0 aliphatic heterocycles. The maximum atomic E-state index is 11.4. The molecule has 1 unspecified atom stereocenters. The third-order valence-electron chi connectivity index (χ3n) is 2.99. The molecule has 1 aromatic carbocycles. The first-order chi connectivity index (χ1) is 9.61. The van der Waals surface area contributed by atoms with E-state index in [1.54, 1.807) is 37.6 Å². The monoisotopic (exact) mass is 292 g/mol. The van der Waals surface area contributed by atoms with Gasteiger partial charge < -0.3 is 9.84 Å². The van der Waals surface area contributed by atoms with Gasteiger partial charge in [-0.1, -0.05) is 12.1 Å². The van der Waals surface area contributed by atoms with Crippen LogP contribution in [0.2, 0.25) is 0 Å². The van der Waals surface area contributed by atoms with Crippen molar-refractivity contribution in [2.75, 3.05) is 7.11 Å². The maximum absolute atomic E-state index is 11.4. The van der Waals surface area contributed by atoms with Gasteiger partial charge in [-0.3, -0.25) is 10.1 Å². The average Bonchev–Trinajstić information content (AvgIpc) is 2.84. The Bertz CT molecular complexity index is 598. The Hall–Kier alpha value is -1.92. The van der Waals surface area contributed by atoms with Crippen molar-refractivity contribution in [3.05, 3.63) is 46.5 Å². The Labute approximate surface area is 121 Å². The highest BCUT2D eigenvalue weighted by Crippen LogP contribution is 2.21. The van der Waals surface area contributed by atoms with Gasteiger partial charge in [0.15, 0.2) is 0 Å². The SMILES string of the molecule is COc1cccc(C(NCc2sncc2C)C(=O)O)c1. The molecule has 5 nitrogen and oxygen atoms in total. The zero-order valence-corrected chi connectivity index (χ0v) is 12.1. The molecule has 0 bridgehead atoms. The van der Waals surface area contributed by atoms with Crippen molar-refractivity contribution in [1.82, 2.24) is 9.69 Å². The first kappa shape index (κ1) is 14.5. The normalized spacial score (nSPS) is 12.1. The molecule has 0 fully saturated rings. The molecule has 0 aliphatic rings. The van der Waals surface area contributed by atoms with Crippen LogP contribution in [0.15, 0.2) is 30.5 Å². The Morgan fingerprint density at radius 1 is 1.55 bits per heavy atom. The molecule has 1 atom stereocenters. The van der Waals surface area contributed by atoms with Gasteiger partial charge in [0.2, 0.25) is 0 Å². The lowest BCUT2D eigenvalue weighted by atomic mass is 10.1. The number of aromatic nitrogens is 1. The lowest BCUT2D eigenvalue weighted by Gasteiger charge is -2.15. The Kier molecular flexibility index (Phi) is 4.70. The number of carboxylic acid groups (broad SMARTS) is 1. The molecule has 0 saturated heterocycles. The van der Waals surface area contributed by atoms with E-state index < -0.39 is 12.0 Å². The second kappa shape index (κ2) is 6.49. The summed E-state index contributed by atoms with van der Waals surface area (Å²) in [6.07, 6.45) is 1.78. The molecular formula is C14H16N2O3S. The zero-order valence-electron chi connectivity index (χ0n) is 11.3. The third kappa shape index (κ3) is 3.34. The van der Waals surface area contributed by atoms with E-state index in [0.717, 1.165) is 10.4 Å². The molecule has 1 heterocycles. The van der Waals surface area contributed by atoms with Crippen LogP contribution in [-0.4, -0.2) is 22.6 Å². The first-order valence-corrected chi connectivity index (χ1v) is 6.89. The molecule has 6 heteroatoms. The van der Waals surface area contributed by atoms with Crippen molar-refractivity contribution in [3.8, 4) is 5.75 Å². The van der Waals surface area contributed by atoms with Crippen LogP contribution in [0.3, 0.4) is 0 Å². The van der Waals surface area contributed by atoms with Crippen molar-refractivity contribution >= 4 is 17.5 Å². The van der Waals surface area contributed by atoms with Gasteiger partial charge in [-0.05, 0) is 41.7 Å². The number of aliphatic carboxylic acids is 1. The number of hydrogen-bond donors (Lipinski definition) is 2. The molecule has 2 rings (SSSR count). The van der Waals surface area contributed by atoms with E-state index in [1.807, 2.05) is 6.92 Å². The fourth-order valence-corrected chi connectivity index (χ4v) is 2.53. The van der Waals surface area contributed by atoms with Crippen LogP contribution in [0.4, 0.5) is 0 Å². The number of nitrogens with one attached hydrogen (secondary N) is 1. The van der Waals surface area contributed by atoms with Gasteiger partial charge in [-0.2, -0.15) is 0 Å². The van der Waals surface area contributed by atoms with Crippen LogP contribution in [0.5, 0.6) is 5.75 Å². The number of aryl methyl sites for hydroxylation is 1. The summed E-state index contributed by atoms with van der Waals surface area (Å²) >= 11 is 1.38. The van der Waals surface area contributed by atoms with Crippen LogP contribution in [0, 0.1) is 6.92 Å². The van der Waals surface area contributed by atoms with Crippen molar-refractivity contribution in [2.24, 2.45) is 0 Å². The van der Waals surface area contributed by atoms with Crippen LogP contribution in [-0.2, 0) is 11.3 Å². The van der Waals surface area contributed by atoms with Gasteiger partial charge in [0.05, 0.1) is 7.11 Å². The Balaban J connectivity index is 2.14. The second-order valence-corrected chi connectivity index (χ2v) is 5.25. The first-order valence-electron chi connectivity index (χ1n) is 6.12. The largest absolute Gasteiger partial charge is 0.497 e. The quantitative estimate of drug-likeness (QED) is 0.855. The molecule has 2 N–H and O–H groups in total. The summed E-state index contributed by atoms with van der Waals surface area (Å²) in [7, 11) is 1.56. The van der Waals surface area contributed by atoms with E-state index in [1.165, 1.54) is 11.5 Å². The Morgan fingerprint density at radius 3 is 2.95 bits per heavy atom. The maximum Gasteiger partial charge on any atom is 0.325 e. The Morgan fingerprint density at radius 2 is 2.35 bits per heavy atom. The van der Waals surface area contributed by atoms with Crippen molar-refractivity contribution in [2.45, 2.75) is 19.5 Å². The highest BCUT2D eigenvalue weighted by Gasteiger charge is 2.20. The van der Waals surface area contributed by atoms with Crippen molar-refractivity contribution in [1.29, 1.82) is 0 Å². The topological polar surface area (TPSA) is 71.5 Å². The second-order valence-electron chi connectivity index (χ2n) is 4.36. The molecule has 0 aliphatic carbocycles. The molecule has 0 radical (unpaired) electrons. The van der Waals surface area contributed by atoms with Crippen LogP contribution in [0.1, 0.15) is 22.0 Å². The number of carbonyl (C=O) groups is 1. The average molecular weight is 292 g/mol. The summed E-state index contributed by atoms with van der Waals surface area (Å²) < 4.78 is 9.20.